The molecule has 0 aromatic heterocycles. The van der Waals surface area contributed by atoms with E-state index in [1.54, 1.807) is 54.5 Å². The van der Waals surface area contributed by atoms with Gasteiger partial charge in [-0.2, -0.15) is 0 Å². The van der Waals surface area contributed by atoms with E-state index in [2.05, 4.69) is 5.32 Å². The maximum atomic E-state index is 13.1. The van der Waals surface area contributed by atoms with Crippen molar-refractivity contribution in [2.75, 3.05) is 43.6 Å². The lowest BCUT2D eigenvalue weighted by Gasteiger charge is -2.32. The number of nitrogens with zero attached hydrogens (tertiary/aromatic N) is 2. The maximum Gasteiger partial charge on any atom is 0.414 e. The van der Waals surface area contributed by atoms with Crippen LogP contribution in [0.3, 0.4) is 0 Å². The highest BCUT2D eigenvalue weighted by Crippen LogP contribution is 2.30. The van der Waals surface area contributed by atoms with Crippen LogP contribution >= 0.6 is 11.6 Å². The van der Waals surface area contributed by atoms with Crippen LogP contribution in [0.1, 0.15) is 46.7 Å². The third kappa shape index (κ3) is 6.39. The second-order valence-corrected chi connectivity index (χ2v) is 10.4. The summed E-state index contributed by atoms with van der Waals surface area (Å²) in [6.45, 7) is 2.41. The number of methoxy groups -OCH3 is 1. The van der Waals surface area contributed by atoms with Gasteiger partial charge in [-0.1, -0.05) is 29.8 Å². The number of piperidine rings is 1. The molecule has 0 aliphatic carbocycles. The van der Waals surface area contributed by atoms with Crippen molar-refractivity contribution >= 4 is 40.9 Å². The van der Waals surface area contributed by atoms with E-state index < -0.39 is 0 Å². The highest BCUT2D eigenvalue weighted by Gasteiger charge is 2.26. The van der Waals surface area contributed by atoms with Gasteiger partial charge in [0.05, 0.1) is 20.1 Å². The summed E-state index contributed by atoms with van der Waals surface area (Å²) in [5, 5.41) is 3.43. The molecule has 3 amide bonds. The van der Waals surface area contributed by atoms with Gasteiger partial charge in [-0.05, 0) is 84.8 Å². The summed E-state index contributed by atoms with van der Waals surface area (Å²) in [5.74, 6) is 0.854. The number of hydrogen-bond acceptors (Lipinski definition) is 5. The molecule has 2 aliphatic rings. The van der Waals surface area contributed by atoms with Gasteiger partial charge in [-0.3, -0.25) is 14.5 Å². The van der Waals surface area contributed by atoms with E-state index in [0.717, 1.165) is 36.2 Å². The van der Waals surface area contributed by atoms with E-state index in [-0.39, 0.29) is 24.3 Å². The Morgan fingerprint density at radius 3 is 2.38 bits per heavy atom. The lowest BCUT2D eigenvalue weighted by Crippen LogP contribution is -2.38. The molecule has 2 heterocycles. The van der Waals surface area contributed by atoms with Crippen molar-refractivity contribution in [3.05, 3.63) is 88.4 Å². The summed E-state index contributed by atoms with van der Waals surface area (Å²) in [7, 11) is 1.57. The molecule has 2 fully saturated rings. The van der Waals surface area contributed by atoms with Gasteiger partial charge in [0, 0.05) is 41.6 Å². The van der Waals surface area contributed by atoms with Crippen molar-refractivity contribution in [2.45, 2.75) is 31.6 Å². The van der Waals surface area contributed by atoms with Gasteiger partial charge in [0.1, 0.15) is 5.75 Å². The number of rotatable bonds is 7. The molecule has 3 aromatic carbocycles. The molecular weight excluding hydrogens is 530 g/mol. The van der Waals surface area contributed by atoms with Gasteiger partial charge < -0.3 is 19.7 Å². The average molecular weight is 562 g/mol. The molecule has 0 atom stereocenters. The molecule has 2 saturated heterocycles. The Morgan fingerprint density at radius 2 is 1.73 bits per heavy atom. The number of likely N-dealkylation sites (tertiary alicyclic amines) is 1. The van der Waals surface area contributed by atoms with Crippen molar-refractivity contribution in [3.63, 3.8) is 0 Å². The molecule has 40 heavy (non-hydrogen) atoms. The van der Waals surface area contributed by atoms with Crippen LogP contribution in [0.25, 0.3) is 0 Å². The zero-order valence-corrected chi connectivity index (χ0v) is 23.2. The predicted molar refractivity (Wildman–Crippen MR) is 154 cm³/mol. The molecule has 208 valence electrons. The maximum absolute atomic E-state index is 13.1. The Hall–Kier alpha value is -4.04. The van der Waals surface area contributed by atoms with Crippen molar-refractivity contribution < 1.29 is 23.9 Å². The Kier molecular flexibility index (Phi) is 8.55. The van der Waals surface area contributed by atoms with Gasteiger partial charge in [0.25, 0.3) is 5.91 Å². The van der Waals surface area contributed by atoms with E-state index in [1.165, 1.54) is 5.56 Å². The first kappa shape index (κ1) is 27.5. The molecule has 2 aliphatic heterocycles. The lowest BCUT2D eigenvalue weighted by molar-refractivity contribution is -0.115. The van der Waals surface area contributed by atoms with Gasteiger partial charge >= 0.3 is 6.09 Å². The molecule has 9 heteroatoms. The predicted octanol–water partition coefficient (Wildman–Crippen LogP) is 5.90. The van der Waals surface area contributed by atoms with Gasteiger partial charge in [-0.15, -0.1) is 0 Å². The molecule has 3 aromatic rings. The first-order valence-corrected chi connectivity index (χ1v) is 13.8. The Morgan fingerprint density at radius 1 is 1.00 bits per heavy atom. The average Bonchev–Trinajstić information content (AvgIpc) is 2.99. The highest BCUT2D eigenvalue weighted by molar-refractivity contribution is 6.31. The molecule has 0 unspecified atom stereocenters. The molecule has 0 saturated carbocycles. The zero-order chi connectivity index (χ0) is 28.1. The highest BCUT2D eigenvalue weighted by atomic mass is 35.5. The van der Waals surface area contributed by atoms with Gasteiger partial charge in [0.15, 0.2) is 0 Å². The summed E-state index contributed by atoms with van der Waals surface area (Å²) in [5.41, 5.74) is 4.02. The first-order chi connectivity index (χ1) is 19.4. The number of carbonyl (C=O) groups excluding carboxylic acids is 3. The lowest BCUT2D eigenvalue weighted by atomic mass is 9.89. The number of hydrogen-bond donors (Lipinski definition) is 1. The Bertz CT molecular complexity index is 1370. The van der Waals surface area contributed by atoms with E-state index in [1.807, 2.05) is 29.2 Å². The monoisotopic (exact) mass is 561 g/mol. The topological polar surface area (TPSA) is 88.2 Å². The molecule has 8 nitrogen and oxygen atoms in total. The number of amides is 3. The molecule has 1 N–H and O–H groups in total. The number of carbonyl (C=O) groups is 3. The molecule has 0 spiro atoms. The second kappa shape index (κ2) is 12.4. The van der Waals surface area contributed by atoms with Gasteiger partial charge in [0.2, 0.25) is 5.91 Å². The minimum absolute atomic E-state index is 0.00115. The van der Waals surface area contributed by atoms with Crippen molar-refractivity contribution in [3.8, 4) is 5.75 Å². The fourth-order valence-electron chi connectivity index (χ4n) is 5.18. The summed E-state index contributed by atoms with van der Waals surface area (Å²) < 4.78 is 10.3. The number of anilines is 2. The smallest absolute Gasteiger partial charge is 0.414 e. The standard InChI is InChI=1S/C31H32ClN3O5/c1-39-27-12-7-24(28(32)20-27)19-29(36)33-25-8-3-21(4-9-25)22-13-16-34(17-14-22)30(37)23-5-10-26(11-6-23)35-15-2-18-40-31(35)38/h3-12,20,22H,2,13-19H2,1H3,(H,33,36). The largest absolute Gasteiger partial charge is 0.497 e. The number of benzene rings is 3. The van der Waals surface area contributed by atoms with E-state index in [9.17, 15) is 14.4 Å². The van der Waals surface area contributed by atoms with Crippen LogP contribution in [0, 0.1) is 0 Å². The van der Waals surface area contributed by atoms with Crippen LogP contribution in [0.2, 0.25) is 5.02 Å². The fraction of sp³-hybridized carbons (Fsp3) is 0.323. The number of cyclic esters (lactones) is 1. The quantitative estimate of drug-likeness (QED) is 0.388. The number of nitrogens with one attached hydrogen (secondary N) is 1. The van der Waals surface area contributed by atoms with Crippen LogP contribution in [0.4, 0.5) is 16.2 Å². The van der Waals surface area contributed by atoms with Gasteiger partial charge in [-0.25, -0.2) is 4.79 Å². The zero-order valence-electron chi connectivity index (χ0n) is 22.4. The van der Waals surface area contributed by atoms with Crippen LogP contribution in [-0.4, -0.2) is 56.2 Å². The van der Waals surface area contributed by atoms with Crippen molar-refractivity contribution in [1.29, 1.82) is 0 Å². The van der Waals surface area contributed by atoms with E-state index in [4.69, 9.17) is 21.1 Å². The summed E-state index contributed by atoms with van der Waals surface area (Å²) in [6.07, 6.45) is 2.35. The van der Waals surface area contributed by atoms with Crippen molar-refractivity contribution in [1.82, 2.24) is 4.90 Å². The SMILES string of the molecule is COc1ccc(CC(=O)Nc2ccc(C3CCN(C(=O)c4ccc(N5CCCOC5=O)cc4)CC3)cc2)c(Cl)c1. The minimum Gasteiger partial charge on any atom is -0.497 e. The molecule has 5 rings (SSSR count). The first-order valence-electron chi connectivity index (χ1n) is 13.5. The molecular formula is C31H32ClN3O5. The summed E-state index contributed by atoms with van der Waals surface area (Å²) in [6, 6.07) is 20.4. The van der Waals surface area contributed by atoms with Crippen LogP contribution in [0.15, 0.2) is 66.7 Å². The van der Waals surface area contributed by atoms with E-state index in [0.29, 0.717) is 48.5 Å². The fourth-order valence-corrected chi connectivity index (χ4v) is 5.42. The number of halogens is 1. The normalized spacial score (nSPS) is 15.9. The Balaban J connectivity index is 1.11. The third-order valence-corrected chi connectivity index (χ3v) is 7.81. The summed E-state index contributed by atoms with van der Waals surface area (Å²) in [4.78, 5) is 41.1. The molecule has 0 bridgehead atoms. The van der Waals surface area contributed by atoms with E-state index >= 15 is 0 Å². The van der Waals surface area contributed by atoms with Crippen molar-refractivity contribution in [2.24, 2.45) is 0 Å². The second-order valence-electron chi connectivity index (χ2n) is 10.0. The van der Waals surface area contributed by atoms with Crippen LogP contribution in [0.5, 0.6) is 5.75 Å². The van der Waals surface area contributed by atoms with Crippen LogP contribution in [-0.2, 0) is 16.0 Å². The third-order valence-electron chi connectivity index (χ3n) is 7.46. The number of ether oxygens (including phenoxy) is 2. The summed E-state index contributed by atoms with van der Waals surface area (Å²) >= 11 is 6.27. The minimum atomic E-state index is -0.346. The Labute approximate surface area is 238 Å². The molecule has 0 radical (unpaired) electrons. The van der Waals surface area contributed by atoms with Crippen LogP contribution < -0.4 is 15.0 Å².